The molecule has 1 atom stereocenters. The number of halogens is 1. The standard InChI is InChI=1S/C25H34N6O.HI/c1-6-26-24(30-17-22(32)20-8-10-21(11-9-20)25(3,4)5)29-16-19-7-12-23(28-15-19)31-14-13-27-18(31)2;/h7-15,22,32H,6,16-17H2,1-5H3,(H2,26,29,30);1H. The fraction of sp³-hybridized carbons (Fsp3) is 0.400. The Morgan fingerprint density at radius 1 is 1.09 bits per heavy atom. The topological polar surface area (TPSA) is 87.4 Å². The van der Waals surface area contributed by atoms with E-state index in [1.54, 1.807) is 6.20 Å². The zero-order chi connectivity index (χ0) is 23.1. The molecule has 0 bridgehead atoms. The number of benzene rings is 1. The molecule has 1 unspecified atom stereocenters. The Labute approximate surface area is 213 Å². The third kappa shape index (κ3) is 7.53. The smallest absolute Gasteiger partial charge is 0.191 e. The molecule has 0 aliphatic rings. The van der Waals surface area contributed by atoms with Crippen LogP contribution in [0.3, 0.4) is 0 Å². The molecule has 178 valence electrons. The molecule has 7 nitrogen and oxygen atoms in total. The fourth-order valence-corrected chi connectivity index (χ4v) is 3.30. The summed E-state index contributed by atoms with van der Waals surface area (Å²) < 4.78 is 1.94. The number of nitrogens with zero attached hydrogens (tertiary/aromatic N) is 4. The molecule has 0 saturated carbocycles. The van der Waals surface area contributed by atoms with Crippen LogP contribution in [-0.2, 0) is 12.0 Å². The number of imidazole rings is 1. The molecule has 0 spiro atoms. The summed E-state index contributed by atoms with van der Waals surface area (Å²) in [6.07, 6.45) is 4.86. The van der Waals surface area contributed by atoms with Gasteiger partial charge in [0.2, 0.25) is 0 Å². The summed E-state index contributed by atoms with van der Waals surface area (Å²) in [6.45, 7) is 12.1. The van der Waals surface area contributed by atoms with Crippen LogP contribution >= 0.6 is 24.0 Å². The number of rotatable bonds is 7. The molecule has 0 radical (unpaired) electrons. The Morgan fingerprint density at radius 3 is 2.36 bits per heavy atom. The normalized spacial score (nSPS) is 12.7. The largest absolute Gasteiger partial charge is 0.387 e. The lowest BCUT2D eigenvalue weighted by atomic mass is 9.86. The number of hydrogen-bond donors (Lipinski definition) is 3. The summed E-state index contributed by atoms with van der Waals surface area (Å²) in [4.78, 5) is 13.4. The van der Waals surface area contributed by atoms with Crippen molar-refractivity contribution >= 4 is 29.9 Å². The van der Waals surface area contributed by atoms with Crippen LogP contribution in [0.2, 0.25) is 0 Å². The maximum absolute atomic E-state index is 10.6. The summed E-state index contributed by atoms with van der Waals surface area (Å²) in [6, 6.07) is 12.1. The maximum Gasteiger partial charge on any atom is 0.191 e. The summed E-state index contributed by atoms with van der Waals surface area (Å²) in [5.41, 5.74) is 3.23. The maximum atomic E-state index is 10.6. The van der Waals surface area contributed by atoms with E-state index < -0.39 is 6.10 Å². The van der Waals surface area contributed by atoms with Crippen molar-refractivity contribution < 1.29 is 5.11 Å². The van der Waals surface area contributed by atoms with Gasteiger partial charge in [0.1, 0.15) is 11.6 Å². The van der Waals surface area contributed by atoms with Gasteiger partial charge in [-0.3, -0.25) is 4.57 Å². The Balaban J connectivity index is 0.00000385. The summed E-state index contributed by atoms with van der Waals surface area (Å²) in [5, 5.41) is 17.1. The van der Waals surface area contributed by atoms with Gasteiger partial charge in [-0.05, 0) is 42.0 Å². The number of aliphatic hydroxyl groups is 1. The molecule has 3 N–H and O–H groups in total. The van der Waals surface area contributed by atoms with Crippen LogP contribution in [0.4, 0.5) is 0 Å². The molecular formula is C25H35IN6O. The van der Waals surface area contributed by atoms with Gasteiger partial charge in [0.05, 0.1) is 12.6 Å². The van der Waals surface area contributed by atoms with Crippen LogP contribution in [0, 0.1) is 6.92 Å². The van der Waals surface area contributed by atoms with Crippen molar-refractivity contribution in [2.24, 2.45) is 4.99 Å². The number of pyridine rings is 1. The highest BCUT2D eigenvalue weighted by Gasteiger charge is 2.15. The second-order valence-corrected chi connectivity index (χ2v) is 8.83. The third-order valence-corrected chi connectivity index (χ3v) is 5.27. The second-order valence-electron chi connectivity index (χ2n) is 8.83. The van der Waals surface area contributed by atoms with Crippen molar-refractivity contribution in [2.45, 2.75) is 52.7 Å². The average molecular weight is 563 g/mol. The SMILES string of the molecule is CCNC(=NCc1ccc(-n2ccnc2C)nc1)NCC(O)c1ccc(C(C)(C)C)cc1.I. The quantitative estimate of drug-likeness (QED) is 0.228. The van der Waals surface area contributed by atoms with Crippen molar-refractivity contribution in [1.29, 1.82) is 0 Å². The minimum Gasteiger partial charge on any atom is -0.387 e. The van der Waals surface area contributed by atoms with Crippen LogP contribution < -0.4 is 10.6 Å². The van der Waals surface area contributed by atoms with E-state index in [1.165, 1.54) is 5.56 Å². The van der Waals surface area contributed by atoms with E-state index in [2.05, 4.69) is 58.5 Å². The molecular weight excluding hydrogens is 527 g/mol. The zero-order valence-corrected chi connectivity index (χ0v) is 22.4. The lowest BCUT2D eigenvalue weighted by Crippen LogP contribution is -2.39. The highest BCUT2D eigenvalue weighted by molar-refractivity contribution is 14.0. The molecule has 8 heteroatoms. The molecule has 0 saturated heterocycles. The molecule has 0 aliphatic heterocycles. The third-order valence-electron chi connectivity index (χ3n) is 5.27. The molecule has 1 aromatic carbocycles. The minimum absolute atomic E-state index is 0. The minimum atomic E-state index is -0.618. The van der Waals surface area contributed by atoms with E-state index in [9.17, 15) is 5.11 Å². The first-order valence-electron chi connectivity index (χ1n) is 11.0. The number of hydrogen-bond acceptors (Lipinski definition) is 4. The fourth-order valence-electron chi connectivity index (χ4n) is 3.30. The average Bonchev–Trinajstić information content (AvgIpc) is 3.21. The van der Waals surface area contributed by atoms with Crippen molar-refractivity contribution in [3.8, 4) is 5.82 Å². The van der Waals surface area contributed by atoms with Crippen molar-refractivity contribution in [3.05, 3.63) is 77.5 Å². The first-order chi connectivity index (χ1) is 15.3. The molecule has 0 fully saturated rings. The van der Waals surface area contributed by atoms with Gasteiger partial charge in [0.15, 0.2) is 5.96 Å². The predicted molar refractivity (Wildman–Crippen MR) is 144 cm³/mol. The van der Waals surface area contributed by atoms with E-state index in [0.29, 0.717) is 19.0 Å². The second kappa shape index (κ2) is 12.1. The van der Waals surface area contributed by atoms with Gasteiger partial charge in [0, 0.05) is 31.7 Å². The van der Waals surface area contributed by atoms with E-state index in [-0.39, 0.29) is 29.4 Å². The van der Waals surface area contributed by atoms with E-state index in [4.69, 9.17) is 0 Å². The molecule has 2 heterocycles. The van der Waals surface area contributed by atoms with Crippen LogP contribution in [0.15, 0.2) is 60.0 Å². The lowest BCUT2D eigenvalue weighted by molar-refractivity contribution is 0.181. The Bertz CT molecular complexity index is 1020. The lowest BCUT2D eigenvalue weighted by Gasteiger charge is -2.20. The van der Waals surface area contributed by atoms with Crippen molar-refractivity contribution in [2.75, 3.05) is 13.1 Å². The van der Waals surface area contributed by atoms with Gasteiger partial charge in [-0.2, -0.15) is 0 Å². The first kappa shape index (κ1) is 26.8. The Hall–Kier alpha value is -2.46. The molecule has 2 aromatic heterocycles. The summed E-state index contributed by atoms with van der Waals surface area (Å²) >= 11 is 0. The van der Waals surface area contributed by atoms with Gasteiger partial charge in [0.25, 0.3) is 0 Å². The van der Waals surface area contributed by atoms with E-state index >= 15 is 0 Å². The van der Waals surface area contributed by atoms with Crippen molar-refractivity contribution in [1.82, 2.24) is 25.2 Å². The number of aryl methyl sites for hydroxylation is 1. The highest BCUT2D eigenvalue weighted by atomic mass is 127. The van der Waals surface area contributed by atoms with Crippen LogP contribution in [0.25, 0.3) is 5.82 Å². The van der Waals surface area contributed by atoms with Crippen LogP contribution in [-0.4, -0.2) is 38.7 Å². The Morgan fingerprint density at radius 2 is 1.82 bits per heavy atom. The number of nitrogens with one attached hydrogen (secondary N) is 2. The monoisotopic (exact) mass is 562 g/mol. The molecule has 0 amide bonds. The first-order valence-corrected chi connectivity index (χ1v) is 11.0. The summed E-state index contributed by atoms with van der Waals surface area (Å²) in [7, 11) is 0. The van der Waals surface area contributed by atoms with Gasteiger partial charge in [-0.25, -0.2) is 15.0 Å². The molecule has 3 rings (SSSR count). The number of aromatic nitrogens is 3. The van der Waals surface area contributed by atoms with E-state index in [1.807, 2.05) is 55.1 Å². The predicted octanol–water partition coefficient (Wildman–Crippen LogP) is 4.28. The van der Waals surface area contributed by atoms with Crippen molar-refractivity contribution in [3.63, 3.8) is 0 Å². The molecule has 0 aliphatic carbocycles. The molecule has 3 aromatic rings. The van der Waals surface area contributed by atoms with Gasteiger partial charge in [-0.1, -0.05) is 51.1 Å². The zero-order valence-electron chi connectivity index (χ0n) is 20.0. The van der Waals surface area contributed by atoms with Gasteiger partial charge < -0.3 is 15.7 Å². The van der Waals surface area contributed by atoms with E-state index in [0.717, 1.165) is 29.3 Å². The summed E-state index contributed by atoms with van der Waals surface area (Å²) in [5.74, 6) is 2.39. The van der Waals surface area contributed by atoms with Crippen LogP contribution in [0.1, 0.15) is 56.3 Å². The number of aliphatic hydroxyl groups excluding tert-OH is 1. The number of aliphatic imine (C=N–C) groups is 1. The highest BCUT2D eigenvalue weighted by Crippen LogP contribution is 2.23. The molecule has 33 heavy (non-hydrogen) atoms. The van der Waals surface area contributed by atoms with Gasteiger partial charge >= 0.3 is 0 Å². The number of guanidine groups is 1. The van der Waals surface area contributed by atoms with Gasteiger partial charge in [-0.15, -0.1) is 24.0 Å². The van der Waals surface area contributed by atoms with Crippen LogP contribution in [0.5, 0.6) is 0 Å². The Kier molecular flexibility index (Phi) is 9.85.